The highest BCUT2D eigenvalue weighted by Gasteiger charge is 2.11. The van der Waals surface area contributed by atoms with Crippen molar-refractivity contribution in [3.63, 3.8) is 0 Å². The van der Waals surface area contributed by atoms with Crippen LogP contribution in [-0.4, -0.2) is 37.7 Å². The molecule has 1 aromatic carbocycles. The molecule has 3 nitrogen and oxygen atoms in total. The van der Waals surface area contributed by atoms with Gasteiger partial charge >= 0.3 is 0 Å². The minimum Gasteiger partial charge on any atom is -0.492 e. The normalized spacial score (nSPS) is 15.5. The highest BCUT2D eigenvalue weighted by Crippen LogP contribution is 2.29. The molecule has 4 heteroatoms. The first-order valence-electron chi connectivity index (χ1n) is 8.14. The Kier molecular flexibility index (Phi) is 7.54. The van der Waals surface area contributed by atoms with E-state index in [2.05, 4.69) is 51.3 Å². The van der Waals surface area contributed by atoms with Gasteiger partial charge in [-0.05, 0) is 67.3 Å². The number of benzene rings is 1. The molecule has 0 saturated carbocycles. The number of rotatable bonds is 9. The summed E-state index contributed by atoms with van der Waals surface area (Å²) in [6.07, 6.45) is 4.97. The van der Waals surface area contributed by atoms with Gasteiger partial charge in [0, 0.05) is 18.7 Å². The van der Waals surface area contributed by atoms with Crippen molar-refractivity contribution >= 4 is 15.9 Å². The zero-order chi connectivity index (χ0) is 14.9. The number of hydrogen-bond acceptors (Lipinski definition) is 3. The lowest BCUT2D eigenvalue weighted by Gasteiger charge is -2.16. The van der Waals surface area contributed by atoms with Crippen LogP contribution in [-0.2, 0) is 6.54 Å². The lowest BCUT2D eigenvalue weighted by Crippen LogP contribution is -2.22. The third-order valence-corrected chi connectivity index (χ3v) is 4.48. The number of para-hydroxylation sites is 1. The number of nitrogens with zero attached hydrogens (tertiary/aromatic N) is 1. The maximum atomic E-state index is 6.04. The quantitative estimate of drug-likeness (QED) is 0.682. The van der Waals surface area contributed by atoms with Crippen LogP contribution >= 0.6 is 15.9 Å². The monoisotopic (exact) mass is 354 g/mol. The summed E-state index contributed by atoms with van der Waals surface area (Å²) in [6, 6.07) is 6.27. The van der Waals surface area contributed by atoms with Crippen molar-refractivity contribution in [3.8, 4) is 5.75 Å². The molecule has 1 fully saturated rings. The third-order valence-electron chi connectivity index (χ3n) is 3.85. The second kappa shape index (κ2) is 9.44. The van der Waals surface area contributed by atoms with Crippen LogP contribution in [0.5, 0.6) is 5.75 Å². The molecule has 0 spiro atoms. The Labute approximate surface area is 137 Å². The first-order valence-corrected chi connectivity index (χ1v) is 8.94. The van der Waals surface area contributed by atoms with Crippen molar-refractivity contribution in [1.82, 2.24) is 10.2 Å². The SMILES string of the molecule is CCCNCc1cccc(Br)c1OCCCN1CCCC1. The standard InChI is InChI=1S/C17H27BrN2O/c1-2-9-19-14-15-7-5-8-16(18)17(15)21-13-6-12-20-10-3-4-11-20/h5,7-8,19H,2-4,6,9-14H2,1H3. The van der Waals surface area contributed by atoms with Crippen molar-refractivity contribution in [2.45, 2.75) is 39.2 Å². The van der Waals surface area contributed by atoms with Gasteiger partial charge in [-0.1, -0.05) is 19.1 Å². The maximum Gasteiger partial charge on any atom is 0.137 e. The molecular weight excluding hydrogens is 328 g/mol. The van der Waals surface area contributed by atoms with E-state index in [9.17, 15) is 0 Å². The van der Waals surface area contributed by atoms with Crippen molar-refractivity contribution in [2.75, 3.05) is 32.8 Å². The summed E-state index contributed by atoms with van der Waals surface area (Å²) in [5.74, 6) is 1.00. The summed E-state index contributed by atoms with van der Waals surface area (Å²) >= 11 is 3.61. The summed E-state index contributed by atoms with van der Waals surface area (Å²) in [6.45, 7) is 8.58. The molecular formula is C17H27BrN2O. The summed E-state index contributed by atoms with van der Waals surface area (Å²) < 4.78 is 7.10. The van der Waals surface area contributed by atoms with Crippen LogP contribution in [0.4, 0.5) is 0 Å². The van der Waals surface area contributed by atoms with E-state index in [-0.39, 0.29) is 0 Å². The van der Waals surface area contributed by atoms with Crippen molar-refractivity contribution < 1.29 is 4.74 Å². The lowest BCUT2D eigenvalue weighted by atomic mass is 10.2. The first kappa shape index (κ1) is 16.8. The second-order valence-electron chi connectivity index (χ2n) is 5.66. The number of halogens is 1. The van der Waals surface area contributed by atoms with Crippen LogP contribution < -0.4 is 10.1 Å². The molecule has 1 N–H and O–H groups in total. The summed E-state index contributed by atoms with van der Waals surface area (Å²) in [5, 5.41) is 3.45. The molecule has 1 aliphatic rings. The molecule has 21 heavy (non-hydrogen) atoms. The summed E-state index contributed by atoms with van der Waals surface area (Å²) in [5.41, 5.74) is 1.24. The molecule has 1 aliphatic heterocycles. The van der Waals surface area contributed by atoms with Crippen molar-refractivity contribution in [3.05, 3.63) is 28.2 Å². The molecule has 0 amide bonds. The average molecular weight is 355 g/mol. The Morgan fingerprint density at radius 1 is 1.29 bits per heavy atom. The number of nitrogens with one attached hydrogen (secondary N) is 1. The molecule has 118 valence electrons. The van der Waals surface area contributed by atoms with E-state index in [4.69, 9.17) is 4.74 Å². The van der Waals surface area contributed by atoms with E-state index in [0.29, 0.717) is 0 Å². The van der Waals surface area contributed by atoms with Gasteiger partial charge in [0.2, 0.25) is 0 Å². The Hall–Kier alpha value is -0.580. The third kappa shape index (κ3) is 5.61. The van der Waals surface area contributed by atoms with Gasteiger partial charge in [0.1, 0.15) is 5.75 Å². The maximum absolute atomic E-state index is 6.04. The topological polar surface area (TPSA) is 24.5 Å². The van der Waals surface area contributed by atoms with E-state index in [1.54, 1.807) is 0 Å². The van der Waals surface area contributed by atoms with E-state index in [1.807, 2.05) is 0 Å². The van der Waals surface area contributed by atoms with Crippen molar-refractivity contribution in [1.29, 1.82) is 0 Å². The zero-order valence-electron chi connectivity index (χ0n) is 13.0. The van der Waals surface area contributed by atoms with Crippen LogP contribution in [0.3, 0.4) is 0 Å². The summed E-state index contributed by atoms with van der Waals surface area (Å²) in [4.78, 5) is 2.53. The molecule has 1 heterocycles. The van der Waals surface area contributed by atoms with Gasteiger partial charge in [-0.3, -0.25) is 0 Å². The lowest BCUT2D eigenvalue weighted by molar-refractivity contribution is 0.260. The molecule has 2 rings (SSSR count). The average Bonchev–Trinajstić information content (AvgIpc) is 2.99. The number of likely N-dealkylation sites (tertiary alicyclic amines) is 1. The minimum atomic E-state index is 0.792. The Morgan fingerprint density at radius 2 is 2.10 bits per heavy atom. The molecule has 0 bridgehead atoms. The van der Waals surface area contributed by atoms with Gasteiger partial charge in [-0.25, -0.2) is 0 Å². The molecule has 1 saturated heterocycles. The highest BCUT2D eigenvalue weighted by atomic mass is 79.9. The van der Waals surface area contributed by atoms with Gasteiger partial charge in [0.15, 0.2) is 0 Å². The fourth-order valence-corrected chi connectivity index (χ4v) is 3.24. The first-order chi connectivity index (χ1) is 10.3. The van der Waals surface area contributed by atoms with E-state index >= 15 is 0 Å². The van der Waals surface area contributed by atoms with Crippen LogP contribution in [0.25, 0.3) is 0 Å². The Balaban J connectivity index is 1.79. The fraction of sp³-hybridized carbons (Fsp3) is 0.647. The van der Waals surface area contributed by atoms with E-state index in [0.717, 1.165) is 49.3 Å². The smallest absolute Gasteiger partial charge is 0.137 e. The second-order valence-corrected chi connectivity index (χ2v) is 6.51. The van der Waals surface area contributed by atoms with Crippen molar-refractivity contribution in [2.24, 2.45) is 0 Å². The zero-order valence-corrected chi connectivity index (χ0v) is 14.6. The predicted octanol–water partition coefficient (Wildman–Crippen LogP) is 3.81. The minimum absolute atomic E-state index is 0.792. The molecule has 0 aliphatic carbocycles. The van der Waals surface area contributed by atoms with Crippen LogP contribution in [0.2, 0.25) is 0 Å². The molecule has 0 unspecified atom stereocenters. The van der Waals surface area contributed by atoms with Gasteiger partial charge in [-0.2, -0.15) is 0 Å². The largest absolute Gasteiger partial charge is 0.492 e. The molecule has 0 atom stereocenters. The molecule has 0 aromatic heterocycles. The number of ether oxygens (including phenoxy) is 1. The van der Waals surface area contributed by atoms with Gasteiger partial charge in [-0.15, -0.1) is 0 Å². The van der Waals surface area contributed by atoms with Gasteiger partial charge < -0.3 is 15.0 Å². The van der Waals surface area contributed by atoms with Gasteiger partial charge in [0.25, 0.3) is 0 Å². The summed E-state index contributed by atoms with van der Waals surface area (Å²) in [7, 11) is 0. The highest BCUT2D eigenvalue weighted by molar-refractivity contribution is 9.10. The number of hydrogen-bond donors (Lipinski definition) is 1. The van der Waals surface area contributed by atoms with Crippen LogP contribution in [0, 0.1) is 0 Å². The van der Waals surface area contributed by atoms with Crippen LogP contribution in [0.1, 0.15) is 38.2 Å². The Morgan fingerprint density at radius 3 is 2.86 bits per heavy atom. The van der Waals surface area contributed by atoms with Gasteiger partial charge in [0.05, 0.1) is 11.1 Å². The Bertz CT molecular complexity index is 419. The van der Waals surface area contributed by atoms with E-state index in [1.165, 1.54) is 31.5 Å². The molecule has 0 radical (unpaired) electrons. The van der Waals surface area contributed by atoms with Crippen LogP contribution in [0.15, 0.2) is 22.7 Å². The van der Waals surface area contributed by atoms with E-state index < -0.39 is 0 Å². The molecule has 1 aromatic rings. The predicted molar refractivity (Wildman–Crippen MR) is 91.9 cm³/mol. The fourth-order valence-electron chi connectivity index (χ4n) is 2.72.